The highest BCUT2D eigenvalue weighted by molar-refractivity contribution is 6.30. The highest BCUT2D eigenvalue weighted by Gasteiger charge is 2.47. The number of carboxylic acids is 1. The summed E-state index contributed by atoms with van der Waals surface area (Å²) in [5.41, 5.74) is 2.40. The van der Waals surface area contributed by atoms with Crippen molar-refractivity contribution in [1.82, 2.24) is 4.90 Å². The molecule has 0 bridgehead atoms. The number of ether oxygens (including phenoxy) is 4. The van der Waals surface area contributed by atoms with Gasteiger partial charge in [0.15, 0.2) is 11.5 Å². The van der Waals surface area contributed by atoms with Gasteiger partial charge in [-0.25, -0.2) is 0 Å². The summed E-state index contributed by atoms with van der Waals surface area (Å²) in [6, 6.07) is 19.0. The Kier molecular flexibility index (Phi) is 10.5. The van der Waals surface area contributed by atoms with E-state index in [-0.39, 0.29) is 19.3 Å². The molecule has 3 aromatic rings. The van der Waals surface area contributed by atoms with Crippen molar-refractivity contribution in [3.05, 3.63) is 93.5 Å². The van der Waals surface area contributed by atoms with Crippen molar-refractivity contribution in [3.63, 3.8) is 0 Å². The maximum atomic E-state index is 13.9. The highest BCUT2D eigenvalue weighted by atomic mass is 35.5. The molecule has 1 aliphatic heterocycles. The molecule has 1 amide bonds. The number of nitrogens with zero attached hydrogens (tertiary/aromatic N) is 1. The van der Waals surface area contributed by atoms with Crippen LogP contribution in [0.25, 0.3) is 0 Å². The second kappa shape index (κ2) is 14.0. The van der Waals surface area contributed by atoms with Crippen LogP contribution in [0.15, 0.2) is 66.7 Å². The summed E-state index contributed by atoms with van der Waals surface area (Å²) in [4.78, 5) is 27.4. The average Bonchev–Trinajstić information content (AvgIpc) is 2.96. The zero-order valence-corrected chi connectivity index (χ0v) is 24.6. The van der Waals surface area contributed by atoms with Gasteiger partial charge >= 0.3 is 5.97 Å². The third kappa shape index (κ3) is 7.32. The first kappa shape index (κ1) is 30.7. The number of halogens is 2. The molecule has 0 radical (unpaired) electrons. The van der Waals surface area contributed by atoms with Crippen LogP contribution in [-0.4, -0.2) is 54.9 Å². The van der Waals surface area contributed by atoms with Gasteiger partial charge in [0.2, 0.25) is 0 Å². The Labute approximate surface area is 249 Å². The summed E-state index contributed by atoms with van der Waals surface area (Å²) in [7, 11) is 3.14. The number of hydrogen-bond acceptors (Lipinski definition) is 6. The van der Waals surface area contributed by atoms with Crippen LogP contribution in [0.4, 0.5) is 0 Å². The van der Waals surface area contributed by atoms with Crippen molar-refractivity contribution in [2.45, 2.75) is 50.7 Å². The van der Waals surface area contributed by atoms with Gasteiger partial charge in [-0.1, -0.05) is 60.5 Å². The predicted octanol–water partition coefficient (Wildman–Crippen LogP) is 6.49. The molecule has 4 rings (SSSR count). The van der Waals surface area contributed by atoms with Crippen molar-refractivity contribution in [1.29, 1.82) is 0 Å². The first-order valence-electron chi connectivity index (χ1n) is 13.2. The first-order valence-corrected chi connectivity index (χ1v) is 14.0. The number of benzene rings is 3. The minimum atomic E-state index is -1.18. The third-order valence-corrected chi connectivity index (χ3v) is 7.55. The summed E-state index contributed by atoms with van der Waals surface area (Å²) < 4.78 is 23.1. The molecule has 1 unspecified atom stereocenters. The van der Waals surface area contributed by atoms with Crippen LogP contribution in [0.2, 0.25) is 10.0 Å². The molecular formula is C31H33Cl2NO7. The summed E-state index contributed by atoms with van der Waals surface area (Å²) in [5.74, 6) is -0.334. The third-order valence-electron chi connectivity index (χ3n) is 7.07. The molecular weight excluding hydrogens is 569 g/mol. The number of methoxy groups -OCH3 is 2. The number of aliphatic carboxylic acids is 1. The summed E-state index contributed by atoms with van der Waals surface area (Å²) in [5, 5.41) is 10.7. The molecule has 1 aliphatic rings. The Morgan fingerprint density at radius 1 is 0.976 bits per heavy atom. The fraction of sp³-hybridized carbons (Fsp3) is 0.355. The SMILES string of the molecule is CCC(COCc1ccc(OC)c(OC)c1)N1C(=O)[C@@H](CC(=O)O)O[C@@H](c2cccc(Cl)c2)[C@H]1c1ccc(Cl)cc1. The average molecular weight is 603 g/mol. The lowest BCUT2D eigenvalue weighted by Gasteiger charge is -2.48. The summed E-state index contributed by atoms with van der Waals surface area (Å²) >= 11 is 12.5. The minimum Gasteiger partial charge on any atom is -0.493 e. The number of rotatable bonds is 12. The van der Waals surface area contributed by atoms with Gasteiger partial charge in [-0.2, -0.15) is 0 Å². The van der Waals surface area contributed by atoms with Crippen LogP contribution in [0.1, 0.15) is 48.6 Å². The molecule has 4 atom stereocenters. The molecule has 0 aliphatic carbocycles. The molecule has 0 saturated carbocycles. The number of carboxylic acid groups (broad SMARTS) is 1. The van der Waals surface area contributed by atoms with E-state index in [0.717, 1.165) is 16.7 Å². The Balaban J connectivity index is 1.69. The Morgan fingerprint density at radius 2 is 1.71 bits per heavy atom. The fourth-order valence-corrected chi connectivity index (χ4v) is 5.40. The molecule has 1 N–H and O–H groups in total. The highest BCUT2D eigenvalue weighted by Crippen LogP contribution is 2.44. The van der Waals surface area contributed by atoms with Crippen molar-refractivity contribution in [2.24, 2.45) is 0 Å². The Morgan fingerprint density at radius 3 is 2.34 bits per heavy atom. The fourth-order valence-electron chi connectivity index (χ4n) is 5.08. The van der Waals surface area contributed by atoms with Crippen LogP contribution in [0.5, 0.6) is 11.5 Å². The minimum absolute atomic E-state index is 0.211. The largest absolute Gasteiger partial charge is 0.493 e. The second-order valence-electron chi connectivity index (χ2n) is 9.71. The van der Waals surface area contributed by atoms with Crippen molar-refractivity contribution in [2.75, 3.05) is 20.8 Å². The molecule has 218 valence electrons. The molecule has 1 saturated heterocycles. The van der Waals surface area contributed by atoms with E-state index in [0.29, 0.717) is 28.0 Å². The van der Waals surface area contributed by atoms with Crippen LogP contribution < -0.4 is 9.47 Å². The van der Waals surface area contributed by atoms with E-state index in [1.807, 2.05) is 43.3 Å². The van der Waals surface area contributed by atoms with E-state index in [9.17, 15) is 14.7 Å². The summed E-state index contributed by atoms with van der Waals surface area (Å²) in [6.07, 6.45) is -1.77. The zero-order chi connectivity index (χ0) is 29.5. The van der Waals surface area contributed by atoms with Crippen molar-refractivity contribution >= 4 is 35.1 Å². The Hall–Kier alpha value is -3.30. The van der Waals surface area contributed by atoms with Crippen molar-refractivity contribution in [3.8, 4) is 11.5 Å². The van der Waals surface area contributed by atoms with Gasteiger partial charge in [0, 0.05) is 10.0 Å². The van der Waals surface area contributed by atoms with E-state index in [4.69, 9.17) is 42.1 Å². The molecule has 41 heavy (non-hydrogen) atoms. The van der Waals surface area contributed by atoms with E-state index in [1.54, 1.807) is 49.5 Å². The van der Waals surface area contributed by atoms with E-state index in [2.05, 4.69) is 0 Å². The number of hydrogen-bond donors (Lipinski definition) is 1. The lowest BCUT2D eigenvalue weighted by molar-refractivity contribution is -0.185. The molecule has 3 aromatic carbocycles. The van der Waals surface area contributed by atoms with E-state index < -0.39 is 36.5 Å². The molecule has 10 heteroatoms. The predicted molar refractivity (Wildman–Crippen MR) is 156 cm³/mol. The van der Waals surface area contributed by atoms with Crippen LogP contribution in [0, 0.1) is 0 Å². The molecule has 1 fully saturated rings. The Bertz CT molecular complexity index is 1350. The van der Waals surface area contributed by atoms with Gasteiger partial charge in [0.1, 0.15) is 12.2 Å². The standard InChI is InChI=1S/C31H33Cl2NO7/c1-4-24(18-40-17-19-8-13-25(38-2)26(14-19)39-3)34-29(20-9-11-22(32)12-10-20)30(21-6-5-7-23(33)15-21)41-27(31(34)37)16-28(35)36/h5-15,24,27,29-30H,4,16-18H2,1-3H3,(H,35,36)/t24?,27-,29-,30+/m1/s1. The number of amides is 1. The smallest absolute Gasteiger partial charge is 0.306 e. The van der Waals surface area contributed by atoms with Gasteiger partial charge in [0.25, 0.3) is 5.91 Å². The lowest BCUT2D eigenvalue weighted by Crippen LogP contribution is -2.56. The van der Waals surface area contributed by atoms with Crippen LogP contribution >= 0.6 is 23.2 Å². The molecule has 0 aromatic heterocycles. The topological polar surface area (TPSA) is 94.5 Å². The molecule has 8 nitrogen and oxygen atoms in total. The van der Waals surface area contributed by atoms with Gasteiger partial charge in [0.05, 0.1) is 45.9 Å². The van der Waals surface area contributed by atoms with Crippen molar-refractivity contribution < 1.29 is 33.6 Å². The monoisotopic (exact) mass is 601 g/mol. The van der Waals surface area contributed by atoms with Crippen LogP contribution in [-0.2, 0) is 25.7 Å². The first-order chi connectivity index (χ1) is 19.7. The summed E-state index contributed by atoms with van der Waals surface area (Å²) in [6.45, 7) is 2.45. The second-order valence-corrected chi connectivity index (χ2v) is 10.6. The molecule has 0 spiro atoms. The number of carbonyl (C=O) groups excluding carboxylic acids is 1. The van der Waals surface area contributed by atoms with E-state index in [1.165, 1.54) is 0 Å². The maximum Gasteiger partial charge on any atom is 0.306 e. The van der Waals surface area contributed by atoms with Crippen LogP contribution in [0.3, 0.4) is 0 Å². The zero-order valence-electron chi connectivity index (χ0n) is 23.1. The number of morpholine rings is 1. The number of carbonyl (C=O) groups is 2. The van der Waals surface area contributed by atoms with Gasteiger partial charge < -0.3 is 29.0 Å². The van der Waals surface area contributed by atoms with Gasteiger partial charge in [-0.05, 0) is 59.5 Å². The van der Waals surface area contributed by atoms with Gasteiger partial charge in [-0.3, -0.25) is 9.59 Å². The normalized spacial score (nSPS) is 19.6. The maximum absolute atomic E-state index is 13.9. The molecule has 1 heterocycles. The van der Waals surface area contributed by atoms with E-state index >= 15 is 0 Å². The lowest BCUT2D eigenvalue weighted by atomic mass is 9.89. The van der Waals surface area contributed by atoms with Gasteiger partial charge in [-0.15, -0.1) is 0 Å². The quantitative estimate of drug-likeness (QED) is 0.253.